The summed E-state index contributed by atoms with van der Waals surface area (Å²) in [6, 6.07) is 14.8. The summed E-state index contributed by atoms with van der Waals surface area (Å²) in [7, 11) is 1.57. The number of carbonyl (C=O) groups excluding carboxylic acids is 2. The van der Waals surface area contributed by atoms with E-state index in [1.54, 1.807) is 50.4 Å². The van der Waals surface area contributed by atoms with Gasteiger partial charge in [-0.15, -0.1) is 0 Å². The lowest BCUT2D eigenvalue weighted by Gasteiger charge is -2.26. The molecule has 0 aliphatic carbocycles. The fraction of sp³-hybridized carbons (Fsp3) is 0.343. The summed E-state index contributed by atoms with van der Waals surface area (Å²) in [6.07, 6.45) is 4.32. The van der Waals surface area contributed by atoms with Gasteiger partial charge in [0.1, 0.15) is 5.58 Å². The average molecular weight is 584 g/mol. The Balaban J connectivity index is 1.62. The zero-order chi connectivity index (χ0) is 30.7. The van der Waals surface area contributed by atoms with Gasteiger partial charge in [-0.05, 0) is 92.4 Å². The predicted octanol–water partition coefficient (Wildman–Crippen LogP) is 7.30. The number of benzene rings is 3. The molecular formula is C35H37NO7. The Hall–Kier alpha value is -4.59. The standard InChI is InChI=1S/C35H37NO7/c1-6-8-9-10-17-42-27-16-13-24(20-29(27)40-5)31-30-32(37)26-18-21(3)22(4)19-28(26)43-33(30)34(38)36(31)25-14-11-23(12-15-25)35(39)41-7-2/h11-16,18-20,31H,6-10,17H2,1-5H3. The molecule has 5 rings (SSSR count). The van der Waals surface area contributed by atoms with E-state index in [9.17, 15) is 14.4 Å². The van der Waals surface area contributed by atoms with E-state index in [1.165, 1.54) is 4.90 Å². The first kappa shape index (κ1) is 29.9. The van der Waals surface area contributed by atoms with Crippen molar-refractivity contribution in [2.24, 2.45) is 0 Å². The van der Waals surface area contributed by atoms with Crippen molar-refractivity contribution in [2.45, 2.75) is 59.4 Å². The summed E-state index contributed by atoms with van der Waals surface area (Å²) in [5.74, 6) is 0.190. The van der Waals surface area contributed by atoms with E-state index in [2.05, 4.69) is 6.92 Å². The van der Waals surface area contributed by atoms with Gasteiger partial charge in [-0.1, -0.05) is 32.3 Å². The summed E-state index contributed by atoms with van der Waals surface area (Å²) in [4.78, 5) is 42.0. The number of unbranched alkanes of at least 4 members (excludes halogenated alkanes) is 3. The van der Waals surface area contributed by atoms with Crippen LogP contribution in [-0.2, 0) is 4.74 Å². The van der Waals surface area contributed by atoms with E-state index >= 15 is 0 Å². The molecule has 0 spiro atoms. The molecule has 1 unspecified atom stereocenters. The third-order valence-electron chi connectivity index (χ3n) is 7.90. The quantitative estimate of drug-likeness (QED) is 0.135. The number of aryl methyl sites for hydroxylation is 2. The minimum Gasteiger partial charge on any atom is -0.493 e. The third-order valence-corrected chi connectivity index (χ3v) is 7.90. The second-order valence-corrected chi connectivity index (χ2v) is 10.8. The number of hydrogen-bond acceptors (Lipinski definition) is 7. The molecular weight excluding hydrogens is 546 g/mol. The highest BCUT2D eigenvalue weighted by Crippen LogP contribution is 2.43. The van der Waals surface area contributed by atoms with Crippen LogP contribution < -0.4 is 19.8 Å². The van der Waals surface area contributed by atoms with E-state index in [1.807, 2.05) is 32.0 Å². The molecule has 1 atom stereocenters. The Bertz CT molecular complexity index is 1720. The van der Waals surface area contributed by atoms with Crippen LogP contribution in [0.2, 0.25) is 0 Å². The van der Waals surface area contributed by atoms with Crippen molar-refractivity contribution in [2.75, 3.05) is 25.2 Å². The van der Waals surface area contributed by atoms with Crippen LogP contribution in [0.5, 0.6) is 11.5 Å². The second-order valence-electron chi connectivity index (χ2n) is 10.8. The number of amides is 1. The summed E-state index contributed by atoms with van der Waals surface area (Å²) >= 11 is 0. The van der Waals surface area contributed by atoms with Crippen molar-refractivity contribution in [3.05, 3.63) is 98.4 Å². The average Bonchev–Trinajstić information content (AvgIpc) is 3.30. The SMILES string of the molecule is CCCCCCOc1ccc(C2c3c(oc4cc(C)c(C)cc4c3=O)C(=O)N2c2ccc(C(=O)OCC)cc2)cc1OC. The zero-order valence-electron chi connectivity index (χ0n) is 25.3. The van der Waals surface area contributed by atoms with Crippen LogP contribution in [0.4, 0.5) is 5.69 Å². The Kier molecular flexibility index (Phi) is 8.85. The number of anilines is 1. The molecule has 43 heavy (non-hydrogen) atoms. The molecule has 224 valence electrons. The van der Waals surface area contributed by atoms with Gasteiger partial charge in [0, 0.05) is 5.69 Å². The number of esters is 1. The molecule has 1 aliphatic rings. The monoisotopic (exact) mass is 583 g/mol. The van der Waals surface area contributed by atoms with Crippen molar-refractivity contribution in [1.29, 1.82) is 0 Å². The number of fused-ring (bicyclic) bond motifs is 2. The van der Waals surface area contributed by atoms with Gasteiger partial charge in [0.25, 0.3) is 5.91 Å². The van der Waals surface area contributed by atoms with Gasteiger partial charge < -0.3 is 18.6 Å². The third kappa shape index (κ3) is 5.74. The normalized spacial score (nSPS) is 14.2. The first-order valence-electron chi connectivity index (χ1n) is 14.8. The second kappa shape index (κ2) is 12.7. The molecule has 1 aromatic heterocycles. The molecule has 2 heterocycles. The van der Waals surface area contributed by atoms with Crippen molar-refractivity contribution < 1.29 is 28.2 Å². The summed E-state index contributed by atoms with van der Waals surface area (Å²) in [6.45, 7) is 8.59. The molecule has 0 N–H and O–H groups in total. The van der Waals surface area contributed by atoms with Crippen molar-refractivity contribution >= 4 is 28.5 Å². The van der Waals surface area contributed by atoms with E-state index in [0.717, 1.165) is 36.8 Å². The van der Waals surface area contributed by atoms with E-state index in [-0.39, 0.29) is 23.4 Å². The van der Waals surface area contributed by atoms with Gasteiger partial charge in [0.2, 0.25) is 5.76 Å². The smallest absolute Gasteiger partial charge is 0.338 e. The molecule has 0 bridgehead atoms. The summed E-state index contributed by atoms with van der Waals surface area (Å²) in [5.41, 5.74) is 3.78. The van der Waals surface area contributed by atoms with Crippen LogP contribution in [0.1, 0.15) is 88.7 Å². The number of methoxy groups -OCH3 is 1. The van der Waals surface area contributed by atoms with Crippen LogP contribution >= 0.6 is 0 Å². The molecule has 4 aromatic rings. The first-order chi connectivity index (χ1) is 20.8. The Morgan fingerprint density at radius 1 is 0.907 bits per heavy atom. The van der Waals surface area contributed by atoms with Crippen LogP contribution in [0.3, 0.4) is 0 Å². The van der Waals surface area contributed by atoms with Gasteiger partial charge in [-0.2, -0.15) is 0 Å². The highest BCUT2D eigenvalue weighted by molar-refractivity contribution is 6.11. The number of carbonyl (C=O) groups is 2. The molecule has 0 saturated carbocycles. The molecule has 3 aromatic carbocycles. The van der Waals surface area contributed by atoms with E-state index < -0.39 is 17.9 Å². The molecule has 1 amide bonds. The van der Waals surface area contributed by atoms with Crippen molar-refractivity contribution in [1.82, 2.24) is 0 Å². The van der Waals surface area contributed by atoms with E-state index in [4.69, 9.17) is 18.6 Å². The maximum Gasteiger partial charge on any atom is 0.338 e. The van der Waals surface area contributed by atoms with Gasteiger partial charge in [-0.25, -0.2) is 4.79 Å². The molecule has 0 radical (unpaired) electrons. The maximum atomic E-state index is 14.1. The molecule has 0 saturated heterocycles. The molecule has 0 fully saturated rings. The molecule has 8 nitrogen and oxygen atoms in total. The zero-order valence-corrected chi connectivity index (χ0v) is 25.3. The summed E-state index contributed by atoms with van der Waals surface area (Å²) < 4.78 is 23.0. The van der Waals surface area contributed by atoms with Crippen LogP contribution in [0, 0.1) is 13.8 Å². The first-order valence-corrected chi connectivity index (χ1v) is 14.8. The van der Waals surface area contributed by atoms with Crippen LogP contribution in [0.25, 0.3) is 11.0 Å². The van der Waals surface area contributed by atoms with Gasteiger partial charge in [0.05, 0.1) is 42.9 Å². The molecule has 8 heteroatoms. The number of ether oxygens (including phenoxy) is 3. The Labute approximate surface area is 251 Å². The van der Waals surface area contributed by atoms with Crippen LogP contribution in [-0.4, -0.2) is 32.2 Å². The lowest BCUT2D eigenvalue weighted by atomic mass is 9.96. The highest BCUT2D eigenvalue weighted by atomic mass is 16.5. The largest absolute Gasteiger partial charge is 0.493 e. The molecule has 1 aliphatic heterocycles. The Morgan fingerprint density at radius 3 is 2.35 bits per heavy atom. The summed E-state index contributed by atoms with van der Waals surface area (Å²) in [5, 5.41) is 0.415. The highest BCUT2D eigenvalue weighted by Gasteiger charge is 2.44. The lowest BCUT2D eigenvalue weighted by molar-refractivity contribution is 0.0526. The van der Waals surface area contributed by atoms with Crippen LogP contribution in [0.15, 0.2) is 63.8 Å². The number of nitrogens with zero attached hydrogens (tertiary/aromatic N) is 1. The van der Waals surface area contributed by atoms with Gasteiger partial charge >= 0.3 is 5.97 Å². The lowest BCUT2D eigenvalue weighted by Crippen LogP contribution is -2.29. The fourth-order valence-corrected chi connectivity index (χ4v) is 5.47. The Morgan fingerprint density at radius 2 is 1.65 bits per heavy atom. The van der Waals surface area contributed by atoms with Gasteiger partial charge in [-0.3, -0.25) is 14.5 Å². The maximum absolute atomic E-state index is 14.1. The fourth-order valence-electron chi connectivity index (χ4n) is 5.47. The number of rotatable bonds is 11. The minimum absolute atomic E-state index is 0.00422. The van der Waals surface area contributed by atoms with Crippen molar-refractivity contribution in [3.63, 3.8) is 0 Å². The predicted molar refractivity (Wildman–Crippen MR) is 166 cm³/mol. The van der Waals surface area contributed by atoms with Gasteiger partial charge in [0.15, 0.2) is 16.9 Å². The topological polar surface area (TPSA) is 95.3 Å². The van der Waals surface area contributed by atoms with Crippen molar-refractivity contribution in [3.8, 4) is 11.5 Å². The van der Waals surface area contributed by atoms with E-state index in [0.29, 0.717) is 45.9 Å². The minimum atomic E-state index is -0.800. The number of hydrogen-bond donors (Lipinski definition) is 0.